The van der Waals surface area contributed by atoms with E-state index >= 15 is 0 Å². The number of piperazine rings is 1. The number of nitrogens with one attached hydrogen (secondary N) is 2. The number of benzene rings is 1. The molecular weight excluding hydrogens is 390 g/mol. The molecule has 0 spiro atoms. The molecule has 1 aromatic carbocycles. The van der Waals surface area contributed by atoms with Crippen molar-refractivity contribution in [1.29, 1.82) is 5.26 Å². The third-order valence-corrected chi connectivity index (χ3v) is 5.70. The number of hydrogen-bond acceptors (Lipinski definition) is 7. The van der Waals surface area contributed by atoms with Crippen LogP contribution in [-0.4, -0.2) is 60.5 Å². The van der Waals surface area contributed by atoms with Gasteiger partial charge in [-0.25, -0.2) is 9.97 Å². The Morgan fingerprint density at radius 2 is 2.06 bits per heavy atom. The van der Waals surface area contributed by atoms with Crippen LogP contribution >= 0.6 is 0 Å². The van der Waals surface area contributed by atoms with Gasteiger partial charge in [-0.3, -0.25) is 4.79 Å². The molecule has 1 aliphatic rings. The highest BCUT2D eigenvalue weighted by Gasteiger charge is 2.16. The fraction of sp³-hybridized carbons (Fsp3) is 0.478. The van der Waals surface area contributed by atoms with Gasteiger partial charge in [0.1, 0.15) is 11.9 Å². The second-order valence-electron chi connectivity index (χ2n) is 8.10. The van der Waals surface area contributed by atoms with E-state index in [4.69, 9.17) is 5.26 Å². The molecule has 1 aliphatic heterocycles. The van der Waals surface area contributed by atoms with E-state index < -0.39 is 0 Å². The van der Waals surface area contributed by atoms with E-state index in [9.17, 15) is 4.79 Å². The molecule has 0 bridgehead atoms. The molecule has 8 heteroatoms. The lowest BCUT2D eigenvalue weighted by atomic mass is 10.1. The predicted molar refractivity (Wildman–Crippen MR) is 122 cm³/mol. The minimum atomic E-state index is -0.145. The van der Waals surface area contributed by atoms with Gasteiger partial charge >= 0.3 is 0 Å². The molecule has 31 heavy (non-hydrogen) atoms. The Balaban J connectivity index is 1.66. The van der Waals surface area contributed by atoms with Gasteiger partial charge in [0.05, 0.1) is 0 Å². The van der Waals surface area contributed by atoms with Crippen LogP contribution in [0.1, 0.15) is 42.0 Å². The van der Waals surface area contributed by atoms with Crippen molar-refractivity contribution >= 4 is 17.4 Å². The highest BCUT2D eigenvalue weighted by molar-refractivity contribution is 5.95. The Hall–Kier alpha value is -3.18. The van der Waals surface area contributed by atoms with Gasteiger partial charge in [-0.05, 0) is 31.2 Å². The third kappa shape index (κ3) is 6.15. The maximum atomic E-state index is 12.8. The highest BCUT2D eigenvalue weighted by atomic mass is 16.1. The van der Waals surface area contributed by atoms with Crippen LogP contribution in [0.5, 0.6) is 0 Å². The number of likely N-dealkylation sites (N-methyl/N-ethyl adjacent to an activating group) is 1. The summed E-state index contributed by atoms with van der Waals surface area (Å²) in [6, 6.07) is 9.71. The molecule has 3 rings (SSSR count). The summed E-state index contributed by atoms with van der Waals surface area (Å²) < 4.78 is 0. The third-order valence-electron chi connectivity index (χ3n) is 5.70. The van der Waals surface area contributed by atoms with Crippen LogP contribution in [0.15, 0.2) is 30.5 Å². The molecule has 2 heterocycles. The van der Waals surface area contributed by atoms with E-state index in [-0.39, 0.29) is 18.3 Å². The molecule has 0 radical (unpaired) electrons. The number of nitriles is 1. The van der Waals surface area contributed by atoms with Gasteiger partial charge in [0.2, 0.25) is 5.82 Å². The fourth-order valence-electron chi connectivity index (χ4n) is 3.34. The smallest absolute Gasteiger partial charge is 0.251 e. The first-order valence-corrected chi connectivity index (χ1v) is 10.8. The minimum absolute atomic E-state index is 0.113. The Morgan fingerprint density at radius 3 is 2.77 bits per heavy atom. The van der Waals surface area contributed by atoms with Gasteiger partial charge in [0, 0.05) is 62.3 Å². The number of anilines is 2. The van der Waals surface area contributed by atoms with Crippen LogP contribution in [0.4, 0.5) is 11.5 Å². The van der Waals surface area contributed by atoms with Gasteiger partial charge in [-0.1, -0.05) is 26.3 Å². The highest BCUT2D eigenvalue weighted by Crippen LogP contribution is 2.18. The summed E-state index contributed by atoms with van der Waals surface area (Å²) in [6.45, 7) is 9.24. The number of amides is 1. The molecule has 1 amide bonds. The fourth-order valence-corrected chi connectivity index (χ4v) is 3.34. The topological polar surface area (TPSA) is 97.2 Å². The first-order valence-electron chi connectivity index (χ1n) is 10.8. The first kappa shape index (κ1) is 22.5. The zero-order valence-corrected chi connectivity index (χ0v) is 18.6. The second kappa shape index (κ2) is 10.7. The molecule has 1 atom stereocenters. The number of hydrogen-bond donors (Lipinski definition) is 2. The zero-order valence-electron chi connectivity index (χ0n) is 18.6. The van der Waals surface area contributed by atoms with Crippen molar-refractivity contribution in [2.45, 2.75) is 26.8 Å². The van der Waals surface area contributed by atoms with Gasteiger partial charge in [-0.15, -0.1) is 0 Å². The van der Waals surface area contributed by atoms with Crippen LogP contribution in [-0.2, 0) is 6.54 Å². The second-order valence-corrected chi connectivity index (χ2v) is 8.10. The molecule has 2 N–H and O–H groups in total. The van der Waals surface area contributed by atoms with Crippen molar-refractivity contribution in [2.75, 3.05) is 50.0 Å². The Labute approximate surface area is 184 Å². The van der Waals surface area contributed by atoms with Crippen LogP contribution in [0.25, 0.3) is 0 Å². The molecule has 1 saturated heterocycles. The summed E-state index contributed by atoms with van der Waals surface area (Å²) in [5, 5.41) is 15.4. The van der Waals surface area contributed by atoms with Crippen LogP contribution in [0.3, 0.4) is 0 Å². The van der Waals surface area contributed by atoms with Gasteiger partial charge in [-0.2, -0.15) is 5.26 Å². The lowest BCUT2D eigenvalue weighted by molar-refractivity contribution is 0.0951. The van der Waals surface area contributed by atoms with E-state index in [1.807, 2.05) is 30.3 Å². The lowest BCUT2D eigenvalue weighted by Crippen LogP contribution is -2.44. The molecule has 8 nitrogen and oxygen atoms in total. The molecule has 2 aromatic rings. The molecule has 164 valence electrons. The average Bonchev–Trinajstić information content (AvgIpc) is 2.81. The first-order chi connectivity index (χ1) is 15.0. The molecule has 0 saturated carbocycles. The van der Waals surface area contributed by atoms with Crippen molar-refractivity contribution in [2.24, 2.45) is 5.92 Å². The normalized spacial score (nSPS) is 15.2. The number of nitrogens with zero attached hydrogens (tertiary/aromatic N) is 5. The van der Waals surface area contributed by atoms with Crippen molar-refractivity contribution in [3.63, 3.8) is 0 Å². The Bertz CT molecular complexity index is 932. The molecule has 1 aromatic heterocycles. The van der Waals surface area contributed by atoms with Crippen LogP contribution < -0.4 is 15.5 Å². The molecule has 0 aliphatic carbocycles. The number of carbonyl (C=O) groups excluding carboxylic acids is 1. The number of rotatable bonds is 8. The summed E-state index contributed by atoms with van der Waals surface area (Å²) in [5.41, 5.74) is 2.45. The zero-order chi connectivity index (χ0) is 22.2. The monoisotopic (exact) mass is 421 g/mol. The molecule has 1 fully saturated rings. The Kier molecular flexibility index (Phi) is 7.79. The number of aromatic nitrogens is 2. The van der Waals surface area contributed by atoms with Crippen molar-refractivity contribution in [3.8, 4) is 6.07 Å². The molecule has 1 unspecified atom stereocenters. The Morgan fingerprint density at radius 1 is 1.29 bits per heavy atom. The maximum Gasteiger partial charge on any atom is 0.251 e. The molecular formula is C23H31N7O. The summed E-state index contributed by atoms with van der Waals surface area (Å²) in [4.78, 5) is 25.8. The van der Waals surface area contributed by atoms with E-state index in [1.54, 1.807) is 6.20 Å². The van der Waals surface area contributed by atoms with Gasteiger partial charge in [0.15, 0.2) is 0 Å². The number of carbonyl (C=O) groups is 1. The van der Waals surface area contributed by atoms with Crippen LogP contribution in [0.2, 0.25) is 0 Å². The summed E-state index contributed by atoms with van der Waals surface area (Å²) in [5.74, 6) is 1.04. The summed E-state index contributed by atoms with van der Waals surface area (Å²) in [6.07, 6.45) is 2.64. The standard InChI is InChI=1S/C23H31N7O/c1-4-17(2)14-26-22-19(15-25-21(13-24)28-22)16-27-23(31)18-6-5-7-20(12-18)30-10-8-29(3)9-11-30/h5-7,12,15,17H,4,8-11,14,16H2,1-3H3,(H,27,31)(H,25,26,28). The van der Waals surface area contributed by atoms with Gasteiger partial charge in [0.25, 0.3) is 5.91 Å². The van der Waals surface area contributed by atoms with Crippen molar-refractivity contribution < 1.29 is 4.79 Å². The lowest BCUT2D eigenvalue weighted by Gasteiger charge is -2.34. The summed E-state index contributed by atoms with van der Waals surface area (Å²) >= 11 is 0. The SMILES string of the molecule is CCC(C)CNc1nc(C#N)ncc1CNC(=O)c1cccc(N2CCN(C)CC2)c1. The van der Waals surface area contributed by atoms with E-state index in [0.717, 1.165) is 50.4 Å². The quantitative estimate of drug-likeness (QED) is 0.676. The largest absolute Gasteiger partial charge is 0.369 e. The van der Waals surface area contributed by atoms with Crippen LogP contribution in [0, 0.1) is 17.2 Å². The maximum absolute atomic E-state index is 12.8. The summed E-state index contributed by atoms with van der Waals surface area (Å²) in [7, 11) is 2.13. The minimum Gasteiger partial charge on any atom is -0.369 e. The van der Waals surface area contributed by atoms with Crippen molar-refractivity contribution in [1.82, 2.24) is 20.2 Å². The van der Waals surface area contributed by atoms with Gasteiger partial charge < -0.3 is 20.4 Å². The predicted octanol–water partition coefficient (Wildman–Crippen LogP) is 2.49. The van der Waals surface area contributed by atoms with E-state index in [2.05, 4.69) is 51.3 Å². The van der Waals surface area contributed by atoms with Crippen molar-refractivity contribution in [3.05, 3.63) is 47.4 Å². The average molecular weight is 422 g/mol. The van der Waals surface area contributed by atoms with E-state index in [0.29, 0.717) is 17.3 Å². The van der Waals surface area contributed by atoms with E-state index in [1.165, 1.54) is 0 Å².